The van der Waals surface area contributed by atoms with Crippen LogP contribution in [0.15, 0.2) is 10.9 Å². The minimum absolute atomic E-state index is 0.366. The average Bonchev–Trinajstić information content (AvgIpc) is 1.94. The number of hydrogen-bond donors (Lipinski definition) is 0. The van der Waals surface area contributed by atoms with Gasteiger partial charge in [0.15, 0.2) is 0 Å². The van der Waals surface area contributed by atoms with Crippen molar-refractivity contribution in [3.63, 3.8) is 0 Å². The van der Waals surface area contributed by atoms with E-state index in [2.05, 4.69) is 5.10 Å². The Kier molecular flexibility index (Phi) is 2.34. The maximum absolute atomic E-state index is 12.1. The fourth-order valence-electron chi connectivity index (χ4n) is 0.776. The second kappa shape index (κ2) is 3.02. The summed E-state index contributed by atoms with van der Waals surface area (Å²) < 4.78 is 36.9. The third-order valence-electron chi connectivity index (χ3n) is 1.34. The predicted molar refractivity (Wildman–Crippen MR) is 39.5 cm³/mol. The number of hydrogen-bond acceptors (Lipinski definition) is 2. The van der Waals surface area contributed by atoms with Crippen molar-refractivity contribution in [2.75, 3.05) is 0 Å². The number of alkyl halides is 3. The van der Waals surface area contributed by atoms with Crippen molar-refractivity contribution >= 4 is 11.6 Å². The van der Waals surface area contributed by atoms with Crippen LogP contribution in [0.3, 0.4) is 0 Å². The molecule has 0 bridgehead atoms. The van der Waals surface area contributed by atoms with Gasteiger partial charge in [-0.05, 0) is 6.07 Å². The van der Waals surface area contributed by atoms with Gasteiger partial charge < -0.3 is 0 Å². The van der Waals surface area contributed by atoms with E-state index < -0.39 is 17.3 Å². The largest absolute Gasteiger partial charge is 0.421 e. The molecule has 0 N–H and O–H groups in total. The molecule has 0 radical (unpaired) electrons. The molecule has 0 amide bonds. The highest BCUT2D eigenvalue weighted by Crippen LogP contribution is 2.27. The van der Waals surface area contributed by atoms with Gasteiger partial charge in [0.1, 0.15) is 10.7 Å². The van der Waals surface area contributed by atoms with Crippen LogP contribution in [0.2, 0.25) is 5.15 Å². The van der Waals surface area contributed by atoms with Crippen LogP contribution in [0.1, 0.15) is 5.56 Å². The van der Waals surface area contributed by atoms with E-state index in [4.69, 9.17) is 11.6 Å². The first-order valence-electron chi connectivity index (χ1n) is 3.13. The lowest BCUT2D eigenvalue weighted by molar-refractivity contribution is -0.139. The number of aryl methyl sites for hydroxylation is 1. The number of rotatable bonds is 0. The molecular weight excluding hydrogens is 209 g/mol. The van der Waals surface area contributed by atoms with E-state index in [1.165, 1.54) is 0 Å². The summed E-state index contributed by atoms with van der Waals surface area (Å²) in [5.74, 6) is 0. The summed E-state index contributed by atoms with van der Waals surface area (Å²) in [5, 5.41) is 2.95. The maximum atomic E-state index is 12.1. The highest BCUT2D eigenvalue weighted by atomic mass is 35.5. The summed E-state index contributed by atoms with van der Waals surface area (Å²) in [7, 11) is 1.10. The molecule has 0 aromatic carbocycles. The van der Waals surface area contributed by atoms with E-state index in [-0.39, 0.29) is 5.15 Å². The van der Waals surface area contributed by atoms with Crippen LogP contribution < -0.4 is 5.56 Å². The Bertz CT molecular complexity index is 384. The van der Waals surface area contributed by atoms with Crippen molar-refractivity contribution in [1.82, 2.24) is 9.78 Å². The average molecular weight is 213 g/mol. The minimum atomic E-state index is -4.69. The molecular formula is C6H4ClF3N2O. The lowest BCUT2D eigenvalue weighted by atomic mass is 10.3. The second-order valence-corrected chi connectivity index (χ2v) is 2.69. The van der Waals surface area contributed by atoms with Crippen molar-refractivity contribution in [3.05, 3.63) is 27.1 Å². The molecule has 13 heavy (non-hydrogen) atoms. The SMILES string of the molecule is Cn1nc(Cl)cc(C(F)(F)F)c1=O. The lowest BCUT2D eigenvalue weighted by Gasteiger charge is -2.06. The lowest BCUT2D eigenvalue weighted by Crippen LogP contribution is -2.28. The van der Waals surface area contributed by atoms with Crippen LogP contribution in [-0.4, -0.2) is 9.78 Å². The Morgan fingerprint density at radius 3 is 2.54 bits per heavy atom. The monoisotopic (exact) mass is 212 g/mol. The third-order valence-corrected chi connectivity index (χ3v) is 1.52. The van der Waals surface area contributed by atoms with Crippen LogP contribution in [0.25, 0.3) is 0 Å². The molecule has 0 spiro atoms. The zero-order valence-electron chi connectivity index (χ0n) is 6.39. The summed E-state index contributed by atoms with van der Waals surface area (Å²) in [6.45, 7) is 0. The summed E-state index contributed by atoms with van der Waals surface area (Å²) >= 11 is 5.26. The van der Waals surface area contributed by atoms with Crippen molar-refractivity contribution in [1.29, 1.82) is 0 Å². The van der Waals surface area contributed by atoms with Gasteiger partial charge in [-0.15, -0.1) is 0 Å². The first-order valence-corrected chi connectivity index (χ1v) is 3.51. The zero-order valence-corrected chi connectivity index (χ0v) is 7.15. The smallest absolute Gasteiger partial charge is 0.267 e. The molecule has 1 aromatic rings. The van der Waals surface area contributed by atoms with Crippen LogP contribution >= 0.6 is 11.6 Å². The van der Waals surface area contributed by atoms with Crippen molar-refractivity contribution in [3.8, 4) is 0 Å². The van der Waals surface area contributed by atoms with E-state index in [9.17, 15) is 18.0 Å². The molecule has 0 atom stereocenters. The van der Waals surface area contributed by atoms with E-state index in [1.54, 1.807) is 0 Å². The van der Waals surface area contributed by atoms with Crippen molar-refractivity contribution in [2.24, 2.45) is 7.05 Å². The predicted octanol–water partition coefficient (Wildman–Crippen LogP) is 1.45. The molecule has 0 aliphatic rings. The quantitative estimate of drug-likeness (QED) is 0.653. The second-order valence-electron chi connectivity index (χ2n) is 2.31. The molecule has 1 rings (SSSR count). The zero-order chi connectivity index (χ0) is 10.2. The molecule has 0 saturated carbocycles. The number of aromatic nitrogens is 2. The number of nitrogens with zero attached hydrogens (tertiary/aromatic N) is 2. The molecule has 0 aliphatic heterocycles. The molecule has 0 aliphatic carbocycles. The number of halogens is 4. The Labute approximate surface area is 75.7 Å². The first-order chi connectivity index (χ1) is 5.82. The summed E-state index contributed by atoms with van der Waals surface area (Å²) in [4.78, 5) is 10.9. The van der Waals surface area contributed by atoms with E-state index in [0.717, 1.165) is 7.05 Å². The van der Waals surface area contributed by atoms with Crippen molar-refractivity contribution < 1.29 is 13.2 Å². The summed E-state index contributed by atoms with van der Waals surface area (Å²) in [5.41, 5.74) is -2.52. The highest BCUT2D eigenvalue weighted by Gasteiger charge is 2.34. The van der Waals surface area contributed by atoms with Gasteiger partial charge in [-0.1, -0.05) is 11.6 Å². The third kappa shape index (κ3) is 2.00. The molecule has 1 aromatic heterocycles. The summed E-state index contributed by atoms with van der Waals surface area (Å²) in [6.07, 6.45) is -4.69. The van der Waals surface area contributed by atoms with Gasteiger partial charge >= 0.3 is 6.18 Å². The molecule has 0 unspecified atom stereocenters. The normalized spacial score (nSPS) is 11.8. The van der Waals surface area contributed by atoms with Crippen molar-refractivity contribution in [2.45, 2.75) is 6.18 Å². The van der Waals surface area contributed by atoms with Crippen LogP contribution in [0, 0.1) is 0 Å². The first kappa shape index (κ1) is 10.0. The van der Waals surface area contributed by atoms with Gasteiger partial charge in [-0.2, -0.15) is 18.3 Å². The van der Waals surface area contributed by atoms with Crippen LogP contribution in [0.5, 0.6) is 0 Å². The van der Waals surface area contributed by atoms with Crippen LogP contribution in [-0.2, 0) is 13.2 Å². The maximum Gasteiger partial charge on any atom is 0.421 e. The van der Waals surface area contributed by atoms with E-state index >= 15 is 0 Å². The molecule has 0 fully saturated rings. The molecule has 72 valence electrons. The van der Waals surface area contributed by atoms with Gasteiger partial charge in [-0.25, -0.2) is 4.68 Å². The van der Waals surface area contributed by atoms with Gasteiger partial charge in [-0.3, -0.25) is 4.79 Å². The Balaban J connectivity index is 3.47. The topological polar surface area (TPSA) is 34.9 Å². The fourth-order valence-corrected chi connectivity index (χ4v) is 0.998. The Morgan fingerprint density at radius 2 is 2.08 bits per heavy atom. The Morgan fingerprint density at radius 1 is 1.54 bits per heavy atom. The van der Waals surface area contributed by atoms with Gasteiger partial charge in [0.2, 0.25) is 0 Å². The Hall–Kier alpha value is -1.04. The minimum Gasteiger partial charge on any atom is -0.267 e. The highest BCUT2D eigenvalue weighted by molar-refractivity contribution is 6.29. The van der Waals surface area contributed by atoms with E-state index in [1.807, 2.05) is 0 Å². The molecule has 3 nitrogen and oxygen atoms in total. The van der Waals surface area contributed by atoms with Gasteiger partial charge in [0, 0.05) is 7.05 Å². The molecule has 1 heterocycles. The summed E-state index contributed by atoms with van der Waals surface area (Å²) in [6, 6.07) is 0.504. The fraction of sp³-hybridized carbons (Fsp3) is 0.333. The van der Waals surface area contributed by atoms with Gasteiger partial charge in [0.25, 0.3) is 5.56 Å². The standard InChI is InChI=1S/C6H4ClF3N2O/c1-12-5(13)3(6(8,9)10)2-4(7)11-12/h2H,1H3. The van der Waals surface area contributed by atoms with Crippen LogP contribution in [0.4, 0.5) is 13.2 Å². The molecule has 7 heteroatoms. The molecule has 0 saturated heterocycles. The van der Waals surface area contributed by atoms with Gasteiger partial charge in [0.05, 0.1) is 0 Å². The van der Waals surface area contributed by atoms with E-state index in [0.29, 0.717) is 10.7 Å².